The van der Waals surface area contributed by atoms with Gasteiger partial charge in [0.25, 0.3) is 0 Å². The standard InChI is InChI=1S/C24H32O5/c1-11(22-26-8-9-27-22)12-4-5-13-17-14(6-7-23(12,13)2)24(3)15(18-20(17)28-18)10-16(25)19-21(24)29-19/h10-14,17-22H,4-9H2,1-3H3/t11?,12-,13+,14+,17+,18-,19+,20+,21+,23-,24-/m1/s1. The van der Waals surface area contributed by atoms with Crippen molar-refractivity contribution in [2.75, 3.05) is 13.2 Å². The van der Waals surface area contributed by atoms with Crippen molar-refractivity contribution in [1.29, 1.82) is 0 Å². The summed E-state index contributed by atoms with van der Waals surface area (Å²) >= 11 is 0. The van der Waals surface area contributed by atoms with E-state index in [2.05, 4.69) is 20.8 Å². The molecule has 0 aromatic carbocycles. The van der Waals surface area contributed by atoms with Gasteiger partial charge in [-0.2, -0.15) is 0 Å². The Morgan fingerprint density at radius 3 is 2.62 bits per heavy atom. The summed E-state index contributed by atoms with van der Waals surface area (Å²) in [5.41, 5.74) is 1.58. The second-order valence-electron chi connectivity index (χ2n) is 11.3. The predicted octanol–water partition coefficient (Wildman–Crippen LogP) is 3.12. The lowest BCUT2D eigenvalue weighted by molar-refractivity contribution is -0.124. The summed E-state index contributed by atoms with van der Waals surface area (Å²) in [5.74, 6) is 3.13. The lowest BCUT2D eigenvalue weighted by Crippen LogP contribution is -2.56. The number of hydrogen-bond acceptors (Lipinski definition) is 5. The molecule has 29 heavy (non-hydrogen) atoms. The van der Waals surface area contributed by atoms with Crippen LogP contribution in [-0.2, 0) is 23.7 Å². The van der Waals surface area contributed by atoms with Crippen molar-refractivity contribution in [3.8, 4) is 0 Å². The predicted molar refractivity (Wildman–Crippen MR) is 104 cm³/mol. The molecule has 0 aromatic rings. The first-order valence-electron chi connectivity index (χ1n) is 11.7. The van der Waals surface area contributed by atoms with Gasteiger partial charge >= 0.3 is 0 Å². The fourth-order valence-electron chi connectivity index (χ4n) is 8.95. The minimum Gasteiger partial charge on any atom is -0.364 e. The van der Waals surface area contributed by atoms with Crippen molar-refractivity contribution < 1.29 is 23.7 Å². The van der Waals surface area contributed by atoms with Gasteiger partial charge in [-0.15, -0.1) is 0 Å². The van der Waals surface area contributed by atoms with Crippen LogP contribution in [0.2, 0.25) is 0 Å². The minimum absolute atomic E-state index is 0.0103. The molecular weight excluding hydrogens is 368 g/mol. The zero-order chi connectivity index (χ0) is 19.7. The zero-order valence-electron chi connectivity index (χ0n) is 17.6. The van der Waals surface area contributed by atoms with E-state index in [4.69, 9.17) is 18.9 Å². The summed E-state index contributed by atoms with van der Waals surface area (Å²) in [7, 11) is 0. The first kappa shape index (κ1) is 17.9. The maximum Gasteiger partial charge on any atom is 0.187 e. The van der Waals surface area contributed by atoms with Crippen molar-refractivity contribution in [2.24, 2.45) is 40.4 Å². The Morgan fingerprint density at radius 2 is 1.83 bits per heavy atom. The molecule has 5 nitrogen and oxygen atoms in total. The average Bonchev–Trinajstić information content (AvgIpc) is 3.58. The molecule has 3 aliphatic heterocycles. The van der Waals surface area contributed by atoms with E-state index >= 15 is 0 Å². The summed E-state index contributed by atoms with van der Waals surface area (Å²) in [6, 6.07) is 0. The molecule has 0 bridgehead atoms. The van der Waals surface area contributed by atoms with Crippen molar-refractivity contribution in [2.45, 2.75) is 77.2 Å². The van der Waals surface area contributed by atoms with Gasteiger partial charge in [-0.05, 0) is 66.4 Å². The monoisotopic (exact) mass is 400 g/mol. The second kappa shape index (κ2) is 5.53. The second-order valence-corrected chi connectivity index (χ2v) is 11.3. The van der Waals surface area contributed by atoms with Crippen LogP contribution < -0.4 is 0 Å². The molecule has 11 atom stereocenters. The van der Waals surface area contributed by atoms with Crippen LogP contribution in [0.4, 0.5) is 0 Å². The molecule has 0 amide bonds. The summed E-state index contributed by atoms with van der Waals surface area (Å²) in [5, 5.41) is 0. The molecule has 1 unspecified atom stereocenters. The number of ether oxygens (including phenoxy) is 4. The van der Waals surface area contributed by atoms with Crippen molar-refractivity contribution in [3.63, 3.8) is 0 Å². The third-order valence-corrected chi connectivity index (χ3v) is 10.4. The van der Waals surface area contributed by atoms with Crippen molar-refractivity contribution in [1.82, 2.24) is 0 Å². The van der Waals surface area contributed by atoms with E-state index in [1.54, 1.807) is 0 Å². The topological polar surface area (TPSA) is 60.6 Å². The number of epoxide rings is 2. The molecule has 158 valence electrons. The third kappa shape index (κ3) is 2.09. The van der Waals surface area contributed by atoms with Crippen LogP contribution in [0.3, 0.4) is 0 Å². The molecule has 3 heterocycles. The van der Waals surface area contributed by atoms with Crippen molar-refractivity contribution in [3.05, 3.63) is 11.6 Å². The molecule has 3 saturated heterocycles. The number of carbonyl (C=O) groups is 1. The molecule has 0 radical (unpaired) electrons. The van der Waals surface area contributed by atoms with Crippen LogP contribution in [-0.4, -0.2) is 49.7 Å². The van der Waals surface area contributed by atoms with Gasteiger partial charge in [-0.25, -0.2) is 0 Å². The smallest absolute Gasteiger partial charge is 0.187 e. The molecule has 3 saturated carbocycles. The molecular formula is C24H32O5. The molecule has 5 heteroatoms. The third-order valence-electron chi connectivity index (χ3n) is 10.4. The van der Waals surface area contributed by atoms with Gasteiger partial charge in [-0.1, -0.05) is 20.8 Å². The molecule has 7 rings (SSSR count). The molecule has 0 N–H and O–H groups in total. The van der Waals surface area contributed by atoms with E-state index < -0.39 is 0 Å². The van der Waals surface area contributed by atoms with Crippen LogP contribution in [0.5, 0.6) is 0 Å². The Balaban J connectivity index is 1.23. The largest absolute Gasteiger partial charge is 0.364 e. The lowest BCUT2D eigenvalue weighted by Gasteiger charge is -2.56. The average molecular weight is 401 g/mol. The van der Waals surface area contributed by atoms with E-state index in [0.717, 1.165) is 13.2 Å². The van der Waals surface area contributed by atoms with Crippen molar-refractivity contribution >= 4 is 5.78 Å². The highest BCUT2D eigenvalue weighted by Crippen LogP contribution is 2.72. The van der Waals surface area contributed by atoms with E-state index in [-0.39, 0.29) is 35.8 Å². The van der Waals surface area contributed by atoms with Gasteiger partial charge < -0.3 is 18.9 Å². The number of ketones is 1. The van der Waals surface area contributed by atoms with Gasteiger partial charge in [-0.3, -0.25) is 4.79 Å². The van der Waals surface area contributed by atoms with Gasteiger partial charge in [0.1, 0.15) is 18.3 Å². The van der Waals surface area contributed by atoms with E-state index in [1.165, 1.54) is 31.3 Å². The summed E-state index contributed by atoms with van der Waals surface area (Å²) < 4.78 is 24.1. The van der Waals surface area contributed by atoms with Crippen LogP contribution in [0.25, 0.3) is 0 Å². The lowest BCUT2D eigenvalue weighted by atomic mass is 9.46. The number of hydrogen-bond donors (Lipinski definition) is 0. The van der Waals surface area contributed by atoms with Gasteiger partial charge in [0.2, 0.25) is 0 Å². The summed E-state index contributed by atoms with van der Waals surface area (Å²) in [6.07, 6.45) is 7.30. The molecule has 4 aliphatic carbocycles. The quantitative estimate of drug-likeness (QED) is 0.667. The fraction of sp³-hybridized carbons (Fsp3) is 0.875. The normalized spacial score (nSPS) is 58.4. The minimum atomic E-state index is -0.180. The molecule has 7 aliphatic rings. The van der Waals surface area contributed by atoms with E-state index in [9.17, 15) is 4.79 Å². The molecule has 0 aromatic heterocycles. The van der Waals surface area contributed by atoms with E-state index in [0.29, 0.717) is 41.1 Å². The highest BCUT2D eigenvalue weighted by molar-refractivity contribution is 5.98. The summed E-state index contributed by atoms with van der Waals surface area (Å²) in [6.45, 7) is 8.74. The van der Waals surface area contributed by atoms with E-state index in [1.807, 2.05) is 6.08 Å². The highest BCUT2D eigenvalue weighted by Gasteiger charge is 2.75. The highest BCUT2D eigenvalue weighted by atomic mass is 16.7. The molecule has 0 spiro atoms. The summed E-state index contributed by atoms with van der Waals surface area (Å²) in [4.78, 5) is 12.4. The van der Waals surface area contributed by atoms with Gasteiger partial charge in [0.05, 0.1) is 19.3 Å². The fourth-order valence-corrected chi connectivity index (χ4v) is 8.95. The Morgan fingerprint density at radius 1 is 1.03 bits per heavy atom. The molecule has 6 fully saturated rings. The first-order valence-corrected chi connectivity index (χ1v) is 11.7. The maximum absolute atomic E-state index is 12.4. The number of rotatable bonds is 2. The maximum atomic E-state index is 12.4. The van der Waals surface area contributed by atoms with Gasteiger partial charge in [0.15, 0.2) is 12.1 Å². The van der Waals surface area contributed by atoms with Gasteiger partial charge in [0, 0.05) is 11.3 Å². The van der Waals surface area contributed by atoms with Crippen LogP contribution in [0, 0.1) is 40.4 Å². The van der Waals surface area contributed by atoms with Crippen LogP contribution >= 0.6 is 0 Å². The van der Waals surface area contributed by atoms with Crippen LogP contribution in [0.15, 0.2) is 11.6 Å². The Labute approximate surface area is 172 Å². The Kier molecular flexibility index (Phi) is 3.41. The van der Waals surface area contributed by atoms with Crippen LogP contribution in [0.1, 0.15) is 46.5 Å². The number of fused-ring (bicyclic) bond motifs is 10. The zero-order valence-corrected chi connectivity index (χ0v) is 17.6. The Hall–Kier alpha value is -0.750. The first-order chi connectivity index (χ1) is 13.9. The Bertz CT molecular complexity index is 801. The number of carbonyl (C=O) groups excluding carboxylic acids is 1. The SMILES string of the molecule is CC(C1OCCO1)[C@H]1CC[C@H]2[C@@H]3[C@@H]4O[C@@H]4C4=CC(=O)[C@@H]5O[C@@H]5[C@]4(C)[C@H]3CC[C@]12C.